The maximum absolute atomic E-state index is 13.9. The second-order valence-electron chi connectivity index (χ2n) is 4.61. The van der Waals surface area contributed by atoms with Crippen LogP contribution in [0.5, 0.6) is 0 Å². The zero-order valence-corrected chi connectivity index (χ0v) is 11.6. The van der Waals surface area contributed by atoms with E-state index in [-0.39, 0.29) is 5.78 Å². The van der Waals surface area contributed by atoms with E-state index in [1.165, 1.54) is 15.2 Å². The van der Waals surface area contributed by atoms with Crippen molar-refractivity contribution >= 4 is 17.4 Å². The van der Waals surface area contributed by atoms with E-state index < -0.39 is 11.5 Å². The highest BCUT2D eigenvalue weighted by molar-refractivity contribution is 6.31. The standard InChI is InChI=1S/C14H11ClFN3O/c1-8-5-10(3-4-11(8)15)19-13(20)6-12(16)18-9(2)7-17-14(18)19/h3-7H,1-2H3. The number of rotatable bonds is 1. The first kappa shape index (κ1) is 12.9. The molecule has 6 heteroatoms. The highest BCUT2D eigenvalue weighted by Gasteiger charge is 2.13. The van der Waals surface area contributed by atoms with Crippen molar-refractivity contribution in [3.8, 4) is 5.69 Å². The van der Waals surface area contributed by atoms with E-state index >= 15 is 0 Å². The molecule has 0 N–H and O–H groups in total. The molecular formula is C14H11ClFN3O. The van der Waals surface area contributed by atoms with Gasteiger partial charge in [0.15, 0.2) is 0 Å². The fraction of sp³-hybridized carbons (Fsp3) is 0.143. The van der Waals surface area contributed by atoms with Gasteiger partial charge in [-0.15, -0.1) is 0 Å². The fourth-order valence-electron chi connectivity index (χ4n) is 2.19. The summed E-state index contributed by atoms with van der Waals surface area (Å²) in [6, 6.07) is 6.13. The predicted molar refractivity (Wildman–Crippen MR) is 75.2 cm³/mol. The minimum Gasteiger partial charge on any atom is -0.269 e. The first-order chi connectivity index (χ1) is 9.49. The van der Waals surface area contributed by atoms with Crippen molar-refractivity contribution in [1.29, 1.82) is 0 Å². The predicted octanol–water partition coefficient (Wildman–Crippen LogP) is 2.89. The average molecular weight is 292 g/mol. The second kappa shape index (κ2) is 4.45. The summed E-state index contributed by atoms with van der Waals surface area (Å²) >= 11 is 5.99. The van der Waals surface area contributed by atoms with Crippen molar-refractivity contribution in [2.75, 3.05) is 0 Å². The van der Waals surface area contributed by atoms with Gasteiger partial charge in [0.05, 0.1) is 18.0 Å². The third-order valence-electron chi connectivity index (χ3n) is 3.20. The molecule has 0 amide bonds. The van der Waals surface area contributed by atoms with Crippen molar-refractivity contribution < 1.29 is 4.39 Å². The molecule has 0 bridgehead atoms. The van der Waals surface area contributed by atoms with Gasteiger partial charge in [0.1, 0.15) is 0 Å². The van der Waals surface area contributed by atoms with Crippen molar-refractivity contribution in [3.63, 3.8) is 0 Å². The summed E-state index contributed by atoms with van der Waals surface area (Å²) < 4.78 is 16.5. The number of hydrogen-bond acceptors (Lipinski definition) is 2. The molecule has 0 aliphatic rings. The molecule has 0 unspecified atom stereocenters. The quantitative estimate of drug-likeness (QED) is 0.647. The van der Waals surface area contributed by atoms with Crippen LogP contribution in [0.3, 0.4) is 0 Å². The molecule has 0 saturated heterocycles. The molecule has 2 aromatic heterocycles. The molecule has 4 nitrogen and oxygen atoms in total. The first-order valence-corrected chi connectivity index (χ1v) is 6.39. The van der Waals surface area contributed by atoms with Crippen molar-refractivity contribution in [2.45, 2.75) is 13.8 Å². The summed E-state index contributed by atoms with van der Waals surface area (Å²) in [6.45, 7) is 3.57. The minimum atomic E-state index is -0.623. The Labute approximate surface area is 119 Å². The SMILES string of the molecule is Cc1cc(-n2c(=O)cc(F)n3c(C)cnc23)ccc1Cl. The van der Waals surface area contributed by atoms with Crippen LogP contribution < -0.4 is 5.56 Å². The Morgan fingerprint density at radius 1 is 1.25 bits per heavy atom. The van der Waals surface area contributed by atoms with Crippen molar-refractivity contribution in [2.24, 2.45) is 0 Å². The lowest BCUT2D eigenvalue weighted by atomic mass is 10.2. The molecule has 0 aliphatic carbocycles. The molecule has 2 heterocycles. The van der Waals surface area contributed by atoms with E-state index in [4.69, 9.17) is 11.6 Å². The van der Waals surface area contributed by atoms with Crippen LogP contribution in [0.1, 0.15) is 11.3 Å². The Balaban J connectivity index is 2.41. The molecule has 1 aromatic carbocycles. The van der Waals surface area contributed by atoms with Crippen LogP contribution in [0.4, 0.5) is 4.39 Å². The Morgan fingerprint density at radius 3 is 2.70 bits per heavy atom. The highest BCUT2D eigenvalue weighted by atomic mass is 35.5. The van der Waals surface area contributed by atoms with Gasteiger partial charge < -0.3 is 0 Å². The van der Waals surface area contributed by atoms with Gasteiger partial charge in [0, 0.05) is 10.7 Å². The first-order valence-electron chi connectivity index (χ1n) is 6.01. The van der Waals surface area contributed by atoms with Gasteiger partial charge in [-0.05, 0) is 37.6 Å². The second-order valence-corrected chi connectivity index (χ2v) is 5.02. The molecular weight excluding hydrogens is 281 g/mol. The van der Waals surface area contributed by atoms with Crippen LogP contribution >= 0.6 is 11.6 Å². The third kappa shape index (κ3) is 1.82. The lowest BCUT2D eigenvalue weighted by molar-refractivity contribution is 0.554. The molecule has 0 fully saturated rings. The van der Waals surface area contributed by atoms with Crippen LogP contribution in [0.15, 0.2) is 35.3 Å². The average Bonchev–Trinajstić information content (AvgIpc) is 2.76. The zero-order chi connectivity index (χ0) is 14.4. The summed E-state index contributed by atoms with van der Waals surface area (Å²) in [5.74, 6) is -0.379. The summed E-state index contributed by atoms with van der Waals surface area (Å²) in [5.41, 5.74) is 1.59. The van der Waals surface area contributed by atoms with Crippen LogP contribution in [0.2, 0.25) is 5.02 Å². The highest BCUT2D eigenvalue weighted by Crippen LogP contribution is 2.19. The van der Waals surface area contributed by atoms with Gasteiger partial charge in [-0.3, -0.25) is 9.20 Å². The lowest BCUT2D eigenvalue weighted by Gasteiger charge is -2.10. The third-order valence-corrected chi connectivity index (χ3v) is 3.62. The smallest absolute Gasteiger partial charge is 0.262 e. The van der Waals surface area contributed by atoms with E-state index in [0.29, 0.717) is 16.4 Å². The number of fused-ring (bicyclic) bond motifs is 1. The molecule has 0 spiro atoms. The number of imidazole rings is 1. The van der Waals surface area contributed by atoms with Gasteiger partial charge in [0.2, 0.25) is 11.7 Å². The Kier molecular flexibility index (Phi) is 2.87. The van der Waals surface area contributed by atoms with E-state index in [1.54, 1.807) is 25.1 Å². The largest absolute Gasteiger partial charge is 0.269 e. The summed E-state index contributed by atoms with van der Waals surface area (Å²) in [4.78, 5) is 16.2. The minimum absolute atomic E-state index is 0.245. The Morgan fingerprint density at radius 2 is 2.00 bits per heavy atom. The van der Waals surface area contributed by atoms with Crippen molar-refractivity contribution in [3.05, 3.63) is 63.0 Å². The Bertz CT molecular complexity index is 882. The van der Waals surface area contributed by atoms with Gasteiger partial charge in [-0.25, -0.2) is 9.55 Å². The Hall–Kier alpha value is -2.14. The molecule has 0 aliphatic heterocycles. The van der Waals surface area contributed by atoms with E-state index in [9.17, 15) is 9.18 Å². The normalized spacial score (nSPS) is 11.2. The summed E-state index contributed by atoms with van der Waals surface area (Å²) in [7, 11) is 0. The van der Waals surface area contributed by atoms with Crippen LogP contribution in [-0.2, 0) is 0 Å². The maximum atomic E-state index is 13.9. The van der Waals surface area contributed by atoms with E-state index in [0.717, 1.165) is 11.6 Å². The van der Waals surface area contributed by atoms with E-state index in [2.05, 4.69) is 4.98 Å². The number of halogens is 2. The van der Waals surface area contributed by atoms with Gasteiger partial charge in [-0.1, -0.05) is 11.6 Å². The van der Waals surface area contributed by atoms with Gasteiger partial charge in [0.25, 0.3) is 5.56 Å². The maximum Gasteiger partial charge on any atom is 0.262 e. The lowest BCUT2D eigenvalue weighted by Crippen LogP contribution is -2.22. The molecule has 3 rings (SSSR count). The number of nitrogens with zero attached hydrogens (tertiary/aromatic N) is 3. The monoisotopic (exact) mass is 291 g/mol. The van der Waals surface area contributed by atoms with Gasteiger partial charge in [-0.2, -0.15) is 4.39 Å². The summed E-state index contributed by atoms with van der Waals surface area (Å²) in [5, 5.41) is 0.611. The molecule has 102 valence electrons. The number of benzene rings is 1. The molecule has 0 atom stereocenters. The fourth-order valence-corrected chi connectivity index (χ4v) is 2.30. The number of hydrogen-bond donors (Lipinski definition) is 0. The summed E-state index contributed by atoms with van der Waals surface area (Å²) in [6.07, 6.45) is 1.52. The molecule has 3 aromatic rings. The molecule has 20 heavy (non-hydrogen) atoms. The van der Waals surface area contributed by atoms with Crippen LogP contribution in [0, 0.1) is 19.8 Å². The van der Waals surface area contributed by atoms with E-state index in [1.807, 2.05) is 6.92 Å². The van der Waals surface area contributed by atoms with Gasteiger partial charge >= 0.3 is 0 Å². The van der Waals surface area contributed by atoms with Crippen molar-refractivity contribution in [1.82, 2.24) is 14.0 Å². The van der Waals surface area contributed by atoms with Crippen LogP contribution in [0.25, 0.3) is 11.5 Å². The number of aryl methyl sites for hydroxylation is 2. The molecule has 0 saturated carbocycles. The topological polar surface area (TPSA) is 39.3 Å². The zero-order valence-electron chi connectivity index (χ0n) is 10.9. The van der Waals surface area contributed by atoms with Crippen LogP contribution in [-0.4, -0.2) is 14.0 Å². The molecule has 0 radical (unpaired) electrons. The number of aromatic nitrogens is 3.